The fraction of sp³-hybridized carbons (Fsp3) is 0.125. The van der Waals surface area contributed by atoms with Crippen LogP contribution in [0.25, 0.3) is 0 Å². The molecule has 3 rings (SSSR count). The second kappa shape index (κ2) is 7.49. The molecular weight excluding hydrogens is 360 g/mol. The number of rotatable bonds is 6. The first kappa shape index (κ1) is 17.2. The van der Waals surface area contributed by atoms with Gasteiger partial charge in [0.15, 0.2) is 5.13 Å². The third kappa shape index (κ3) is 4.25. The highest BCUT2D eigenvalue weighted by Crippen LogP contribution is 2.27. The molecule has 3 aromatic rings. The Labute approximate surface area is 151 Å². The highest BCUT2D eigenvalue weighted by molar-refractivity contribution is 7.98. The van der Waals surface area contributed by atoms with Crippen LogP contribution in [0.5, 0.6) is 0 Å². The van der Waals surface area contributed by atoms with Crippen LogP contribution in [0, 0.1) is 6.92 Å². The molecule has 1 aromatic carbocycles. The fourth-order valence-corrected chi connectivity index (χ4v) is 3.61. The number of hydrogen-bond acceptors (Lipinski definition) is 7. The number of nitrogens with zero attached hydrogens (tertiary/aromatic N) is 2. The molecule has 9 heteroatoms. The molecule has 0 atom stereocenters. The highest BCUT2D eigenvalue weighted by atomic mass is 32.2. The summed E-state index contributed by atoms with van der Waals surface area (Å²) in [6.45, 7) is 1.85. The first-order chi connectivity index (χ1) is 12.0. The van der Waals surface area contributed by atoms with Gasteiger partial charge in [0.1, 0.15) is 10.6 Å². The van der Waals surface area contributed by atoms with Crippen molar-refractivity contribution in [2.75, 3.05) is 5.32 Å². The van der Waals surface area contributed by atoms with E-state index >= 15 is 0 Å². The molecule has 0 unspecified atom stereocenters. The van der Waals surface area contributed by atoms with E-state index in [9.17, 15) is 9.59 Å². The molecule has 3 N–H and O–H groups in total. The van der Waals surface area contributed by atoms with Crippen molar-refractivity contribution < 1.29 is 14.1 Å². The maximum absolute atomic E-state index is 12.5. The number of nitrogens with one attached hydrogen (secondary N) is 1. The van der Waals surface area contributed by atoms with E-state index in [0.717, 1.165) is 27.7 Å². The van der Waals surface area contributed by atoms with Crippen LogP contribution >= 0.6 is 23.1 Å². The normalized spacial score (nSPS) is 10.6. The van der Waals surface area contributed by atoms with Crippen LogP contribution < -0.4 is 11.1 Å². The lowest BCUT2D eigenvalue weighted by molar-refractivity contribution is 0.1000. The minimum atomic E-state index is -0.573. The van der Waals surface area contributed by atoms with Crippen molar-refractivity contribution in [1.29, 1.82) is 0 Å². The average molecular weight is 374 g/mol. The molecule has 2 amide bonds. The van der Waals surface area contributed by atoms with Gasteiger partial charge in [0.2, 0.25) is 0 Å². The SMILES string of the molecule is Cc1cc(CSc2ccccc2C(=O)Nc2ncc(C(N)=O)s2)on1. The number of nitrogens with two attached hydrogens (primary N) is 1. The van der Waals surface area contributed by atoms with Gasteiger partial charge >= 0.3 is 0 Å². The number of hydrogen-bond donors (Lipinski definition) is 2. The van der Waals surface area contributed by atoms with E-state index in [2.05, 4.69) is 15.5 Å². The molecule has 128 valence electrons. The van der Waals surface area contributed by atoms with Gasteiger partial charge in [-0.3, -0.25) is 14.9 Å². The van der Waals surface area contributed by atoms with Crippen molar-refractivity contribution in [2.45, 2.75) is 17.6 Å². The topological polar surface area (TPSA) is 111 Å². The lowest BCUT2D eigenvalue weighted by Gasteiger charge is -2.07. The van der Waals surface area contributed by atoms with Crippen LogP contribution in [-0.4, -0.2) is 22.0 Å². The smallest absolute Gasteiger partial charge is 0.260 e. The number of aromatic nitrogens is 2. The summed E-state index contributed by atoms with van der Waals surface area (Å²) in [7, 11) is 0. The number of primary amides is 1. The van der Waals surface area contributed by atoms with Crippen molar-refractivity contribution in [3.63, 3.8) is 0 Å². The molecule has 0 spiro atoms. The van der Waals surface area contributed by atoms with Crippen molar-refractivity contribution in [3.8, 4) is 0 Å². The van der Waals surface area contributed by atoms with Gasteiger partial charge in [0.05, 0.1) is 23.2 Å². The number of benzene rings is 1. The zero-order valence-electron chi connectivity index (χ0n) is 13.2. The highest BCUT2D eigenvalue weighted by Gasteiger charge is 2.15. The Morgan fingerprint density at radius 2 is 2.16 bits per heavy atom. The molecule has 25 heavy (non-hydrogen) atoms. The molecule has 0 saturated carbocycles. The van der Waals surface area contributed by atoms with Crippen molar-refractivity contribution in [2.24, 2.45) is 5.73 Å². The summed E-state index contributed by atoms with van der Waals surface area (Å²) < 4.78 is 5.18. The van der Waals surface area contributed by atoms with Crippen molar-refractivity contribution in [3.05, 3.63) is 58.4 Å². The van der Waals surface area contributed by atoms with Crippen LogP contribution in [0.3, 0.4) is 0 Å². The van der Waals surface area contributed by atoms with E-state index in [0.29, 0.717) is 21.3 Å². The van der Waals surface area contributed by atoms with Gasteiger partial charge in [-0.05, 0) is 19.1 Å². The summed E-state index contributed by atoms with van der Waals surface area (Å²) in [5.74, 6) is 0.427. The maximum Gasteiger partial charge on any atom is 0.260 e. The summed E-state index contributed by atoms with van der Waals surface area (Å²) in [6, 6.07) is 9.09. The molecule has 0 bridgehead atoms. The van der Waals surface area contributed by atoms with Crippen molar-refractivity contribution >= 4 is 40.0 Å². The number of carbonyl (C=O) groups excluding carboxylic acids is 2. The first-order valence-corrected chi connectivity index (χ1v) is 9.04. The Balaban J connectivity index is 1.72. The zero-order chi connectivity index (χ0) is 17.8. The summed E-state index contributed by atoms with van der Waals surface area (Å²) in [5.41, 5.74) is 6.52. The predicted octanol–water partition coefficient (Wildman–Crippen LogP) is 3.08. The van der Waals surface area contributed by atoms with Gasteiger partial charge in [0.25, 0.3) is 11.8 Å². The molecule has 0 fully saturated rings. The van der Waals surface area contributed by atoms with Gasteiger partial charge in [-0.2, -0.15) is 0 Å². The second-order valence-electron chi connectivity index (χ2n) is 5.07. The largest absolute Gasteiger partial charge is 0.365 e. The summed E-state index contributed by atoms with van der Waals surface area (Å²) >= 11 is 2.51. The minimum absolute atomic E-state index is 0.290. The van der Waals surface area contributed by atoms with Gasteiger partial charge in [-0.1, -0.05) is 28.6 Å². The number of amides is 2. The fourth-order valence-electron chi connectivity index (χ4n) is 2.02. The second-order valence-corrected chi connectivity index (χ2v) is 7.12. The van der Waals surface area contributed by atoms with Crippen LogP contribution in [0.15, 0.2) is 45.9 Å². The Morgan fingerprint density at radius 3 is 2.84 bits per heavy atom. The zero-order valence-corrected chi connectivity index (χ0v) is 14.8. The van der Waals surface area contributed by atoms with Crippen LogP contribution in [0.2, 0.25) is 0 Å². The number of thiazole rings is 1. The Bertz CT molecular complexity index is 920. The van der Waals surface area contributed by atoms with Crippen LogP contribution in [-0.2, 0) is 5.75 Å². The molecule has 2 aromatic heterocycles. The number of aryl methyl sites for hydroxylation is 1. The monoisotopic (exact) mass is 374 g/mol. The van der Waals surface area contributed by atoms with Gasteiger partial charge in [-0.25, -0.2) is 4.98 Å². The lowest BCUT2D eigenvalue weighted by atomic mass is 10.2. The van der Waals surface area contributed by atoms with E-state index in [-0.39, 0.29) is 5.91 Å². The third-order valence-corrected chi connectivity index (χ3v) is 5.17. The third-order valence-electron chi connectivity index (χ3n) is 3.15. The summed E-state index contributed by atoms with van der Waals surface area (Å²) in [6.07, 6.45) is 1.34. The lowest BCUT2D eigenvalue weighted by Crippen LogP contribution is -2.12. The summed E-state index contributed by atoms with van der Waals surface area (Å²) in [5, 5.41) is 6.86. The minimum Gasteiger partial charge on any atom is -0.365 e. The van der Waals surface area contributed by atoms with Crippen molar-refractivity contribution in [1.82, 2.24) is 10.1 Å². The van der Waals surface area contributed by atoms with Gasteiger partial charge < -0.3 is 10.3 Å². The van der Waals surface area contributed by atoms with Crippen LogP contribution in [0.1, 0.15) is 31.5 Å². The van der Waals surface area contributed by atoms with E-state index in [1.807, 2.05) is 25.1 Å². The van der Waals surface area contributed by atoms with Gasteiger partial charge in [0, 0.05) is 11.0 Å². The Morgan fingerprint density at radius 1 is 1.36 bits per heavy atom. The average Bonchev–Trinajstić information content (AvgIpc) is 3.22. The first-order valence-electron chi connectivity index (χ1n) is 7.24. The summed E-state index contributed by atoms with van der Waals surface area (Å²) in [4.78, 5) is 28.7. The molecular formula is C16H14N4O3S2. The molecule has 0 aliphatic heterocycles. The number of thioether (sulfide) groups is 1. The molecule has 0 aliphatic carbocycles. The molecule has 0 saturated heterocycles. The van der Waals surface area contributed by atoms with E-state index in [4.69, 9.17) is 10.3 Å². The quantitative estimate of drug-likeness (QED) is 0.641. The molecule has 2 heterocycles. The van der Waals surface area contributed by atoms with Crippen LogP contribution in [0.4, 0.5) is 5.13 Å². The molecule has 0 radical (unpaired) electrons. The van der Waals surface area contributed by atoms with E-state index in [1.165, 1.54) is 18.0 Å². The number of anilines is 1. The Hall–Kier alpha value is -2.65. The standard InChI is InChI=1S/C16H14N4O3S2/c1-9-6-10(23-20-9)8-24-12-5-3-2-4-11(12)15(22)19-16-18-7-13(25-16)14(17)21/h2-7H,8H2,1H3,(H2,17,21)(H,18,19,22). The maximum atomic E-state index is 12.5. The molecule has 7 nitrogen and oxygen atoms in total. The molecule has 0 aliphatic rings. The van der Waals surface area contributed by atoms with E-state index < -0.39 is 5.91 Å². The Kier molecular flexibility index (Phi) is 5.15. The number of carbonyl (C=O) groups is 2. The van der Waals surface area contributed by atoms with Gasteiger partial charge in [-0.15, -0.1) is 11.8 Å². The predicted molar refractivity (Wildman–Crippen MR) is 95.8 cm³/mol. The van der Waals surface area contributed by atoms with E-state index in [1.54, 1.807) is 12.1 Å².